The van der Waals surface area contributed by atoms with Gasteiger partial charge in [0.1, 0.15) is 17.2 Å². The van der Waals surface area contributed by atoms with E-state index in [-0.39, 0.29) is 35.9 Å². The zero-order valence-electron chi connectivity index (χ0n) is 16.8. The van der Waals surface area contributed by atoms with Crippen LogP contribution >= 0.6 is 36.4 Å². The Morgan fingerprint density at radius 3 is 1.69 bits per heavy atom. The van der Waals surface area contributed by atoms with E-state index in [9.17, 15) is 18.4 Å². The lowest BCUT2D eigenvalue weighted by Gasteiger charge is -2.31. The fourth-order valence-corrected chi connectivity index (χ4v) is 2.25. The molecule has 0 aliphatic carbocycles. The molecule has 0 aliphatic rings. The smallest absolute Gasteiger partial charge is 0.274 e. The predicted octanol–water partition coefficient (Wildman–Crippen LogP) is 5.61. The summed E-state index contributed by atoms with van der Waals surface area (Å²) < 4.78 is 27.8. The first-order chi connectivity index (χ1) is 12.4. The number of aryl methyl sites for hydroxylation is 2. The second-order valence-electron chi connectivity index (χ2n) is 7.00. The number of benzene rings is 2. The van der Waals surface area contributed by atoms with Crippen LogP contribution in [0.1, 0.15) is 52.6 Å². The molecule has 1 amide bonds. The standard InChI is InChI=1S/C13H18F2N2O.C7H5ClO.2ClH/c1-7-6-8(2)11(15)9(10(7)14)12(18)17(16)13(3,4)5;8-7(9)6-4-2-1-3-5-6;;/h6H,16H2,1-5H3;1-5H;2*1H. The highest BCUT2D eigenvalue weighted by atomic mass is 35.5. The van der Waals surface area contributed by atoms with Gasteiger partial charge in [0.05, 0.1) is 5.54 Å². The molecule has 4 nitrogen and oxygen atoms in total. The zero-order chi connectivity index (χ0) is 20.9. The summed E-state index contributed by atoms with van der Waals surface area (Å²) in [6.07, 6.45) is 0. The highest BCUT2D eigenvalue weighted by Crippen LogP contribution is 2.23. The molecule has 0 radical (unpaired) electrons. The van der Waals surface area contributed by atoms with Crippen LogP contribution in [0, 0.1) is 25.5 Å². The maximum atomic E-state index is 13.9. The van der Waals surface area contributed by atoms with Gasteiger partial charge in [0, 0.05) is 5.56 Å². The Labute approximate surface area is 187 Å². The van der Waals surface area contributed by atoms with Gasteiger partial charge in [0.2, 0.25) is 0 Å². The summed E-state index contributed by atoms with van der Waals surface area (Å²) in [6, 6.07) is 10.1. The van der Waals surface area contributed by atoms with Gasteiger partial charge in [-0.05, 0) is 57.3 Å². The summed E-state index contributed by atoms with van der Waals surface area (Å²) in [5, 5.41) is 0.434. The van der Waals surface area contributed by atoms with Gasteiger partial charge in [-0.15, -0.1) is 24.8 Å². The van der Waals surface area contributed by atoms with Crippen LogP contribution in [0.4, 0.5) is 8.78 Å². The number of carbonyl (C=O) groups is 2. The molecule has 29 heavy (non-hydrogen) atoms. The van der Waals surface area contributed by atoms with E-state index in [0.717, 1.165) is 5.01 Å². The van der Waals surface area contributed by atoms with Crippen molar-refractivity contribution in [1.29, 1.82) is 0 Å². The summed E-state index contributed by atoms with van der Waals surface area (Å²) in [7, 11) is 0. The maximum Gasteiger partial charge on any atom is 0.274 e. The average molecular weight is 470 g/mol. The number of carbonyl (C=O) groups excluding carboxylic acids is 2. The second-order valence-corrected chi connectivity index (χ2v) is 7.34. The molecule has 9 heteroatoms. The average Bonchev–Trinajstić information content (AvgIpc) is 2.60. The van der Waals surface area contributed by atoms with Crippen LogP contribution in [0.25, 0.3) is 0 Å². The van der Waals surface area contributed by atoms with Crippen molar-refractivity contribution in [3.05, 3.63) is 70.3 Å². The molecular formula is C20H25Cl3F2N2O2. The first-order valence-corrected chi connectivity index (χ1v) is 8.55. The lowest BCUT2D eigenvalue weighted by Crippen LogP contribution is -2.51. The Kier molecular flexibility index (Phi) is 12.3. The van der Waals surface area contributed by atoms with E-state index in [1.807, 2.05) is 6.07 Å². The van der Waals surface area contributed by atoms with Crippen molar-refractivity contribution in [1.82, 2.24) is 5.01 Å². The largest absolute Gasteiger partial charge is 0.276 e. The van der Waals surface area contributed by atoms with Crippen LogP contribution in [-0.2, 0) is 0 Å². The minimum absolute atomic E-state index is 0. The summed E-state index contributed by atoms with van der Waals surface area (Å²) in [5.41, 5.74) is -0.323. The van der Waals surface area contributed by atoms with Crippen LogP contribution in [-0.4, -0.2) is 21.7 Å². The molecule has 0 fully saturated rings. The Morgan fingerprint density at radius 2 is 1.38 bits per heavy atom. The maximum absolute atomic E-state index is 13.9. The quantitative estimate of drug-likeness (QED) is 0.269. The van der Waals surface area contributed by atoms with Gasteiger partial charge in [-0.25, -0.2) is 14.6 Å². The minimum atomic E-state index is -0.859. The van der Waals surface area contributed by atoms with Gasteiger partial charge < -0.3 is 0 Å². The van der Waals surface area contributed by atoms with Crippen molar-refractivity contribution in [3.63, 3.8) is 0 Å². The van der Waals surface area contributed by atoms with E-state index in [1.54, 1.807) is 45.0 Å². The molecule has 2 N–H and O–H groups in total. The topological polar surface area (TPSA) is 63.4 Å². The van der Waals surface area contributed by atoms with Crippen LogP contribution < -0.4 is 5.84 Å². The predicted molar refractivity (Wildman–Crippen MR) is 117 cm³/mol. The summed E-state index contributed by atoms with van der Waals surface area (Å²) in [4.78, 5) is 22.5. The normalized spacial score (nSPS) is 9.97. The fourth-order valence-electron chi connectivity index (χ4n) is 2.12. The third kappa shape index (κ3) is 7.90. The summed E-state index contributed by atoms with van der Waals surface area (Å²) in [5.74, 6) is 3.04. The van der Waals surface area contributed by atoms with E-state index in [1.165, 1.54) is 19.9 Å². The number of halogens is 5. The van der Waals surface area contributed by atoms with Crippen molar-refractivity contribution in [2.75, 3.05) is 0 Å². The van der Waals surface area contributed by atoms with Gasteiger partial charge >= 0.3 is 0 Å². The molecule has 0 heterocycles. The minimum Gasteiger partial charge on any atom is -0.276 e. The van der Waals surface area contributed by atoms with Crippen molar-refractivity contribution < 1.29 is 18.4 Å². The first kappa shape index (κ1) is 29.5. The number of amides is 1. The summed E-state index contributed by atoms with van der Waals surface area (Å²) in [6.45, 7) is 8.02. The van der Waals surface area contributed by atoms with E-state index in [2.05, 4.69) is 0 Å². The van der Waals surface area contributed by atoms with E-state index < -0.39 is 33.9 Å². The van der Waals surface area contributed by atoms with Gasteiger partial charge in [0.15, 0.2) is 0 Å². The first-order valence-electron chi connectivity index (χ1n) is 8.17. The van der Waals surface area contributed by atoms with Crippen molar-refractivity contribution >= 4 is 47.6 Å². The molecule has 0 aliphatic heterocycles. The van der Waals surface area contributed by atoms with E-state index >= 15 is 0 Å². The molecule has 0 unspecified atom stereocenters. The highest BCUT2D eigenvalue weighted by Gasteiger charge is 2.30. The molecule has 162 valence electrons. The van der Waals surface area contributed by atoms with Crippen LogP contribution in [0.15, 0.2) is 36.4 Å². The molecule has 2 aromatic carbocycles. The van der Waals surface area contributed by atoms with Crippen molar-refractivity contribution in [2.24, 2.45) is 5.84 Å². The SMILES string of the molecule is Cc1cc(C)c(F)c(C(=O)N(N)C(C)(C)C)c1F.Cl.Cl.O=C(Cl)c1ccccc1. The van der Waals surface area contributed by atoms with Gasteiger partial charge in [-0.3, -0.25) is 14.6 Å². The van der Waals surface area contributed by atoms with Crippen LogP contribution in [0.5, 0.6) is 0 Å². The number of hydrogen-bond acceptors (Lipinski definition) is 3. The third-order valence-electron chi connectivity index (χ3n) is 3.72. The van der Waals surface area contributed by atoms with Gasteiger partial charge in [0.25, 0.3) is 11.1 Å². The molecule has 2 rings (SSSR count). The highest BCUT2D eigenvalue weighted by molar-refractivity contribution is 6.67. The third-order valence-corrected chi connectivity index (χ3v) is 3.94. The molecule has 0 atom stereocenters. The van der Waals surface area contributed by atoms with Crippen molar-refractivity contribution in [3.8, 4) is 0 Å². The number of hydrazine groups is 1. The number of rotatable bonds is 2. The Hall–Kier alpha value is -1.73. The fraction of sp³-hybridized carbons (Fsp3) is 0.300. The zero-order valence-corrected chi connectivity index (χ0v) is 19.1. The molecule has 0 spiro atoms. The van der Waals surface area contributed by atoms with E-state index in [0.29, 0.717) is 5.56 Å². The number of hydrogen-bond donors (Lipinski definition) is 1. The summed E-state index contributed by atoms with van der Waals surface area (Å²) >= 11 is 5.16. The Morgan fingerprint density at radius 1 is 0.966 bits per heavy atom. The second kappa shape index (κ2) is 12.1. The lowest BCUT2D eigenvalue weighted by atomic mass is 10.0. The molecule has 0 saturated carbocycles. The monoisotopic (exact) mass is 468 g/mol. The Bertz CT molecular complexity index is 816. The van der Waals surface area contributed by atoms with Crippen LogP contribution in [0.3, 0.4) is 0 Å². The molecule has 0 saturated heterocycles. The van der Waals surface area contributed by atoms with Crippen molar-refractivity contribution in [2.45, 2.75) is 40.2 Å². The van der Waals surface area contributed by atoms with Crippen LogP contribution in [0.2, 0.25) is 0 Å². The molecule has 2 aromatic rings. The number of nitrogens with two attached hydrogens (primary N) is 1. The number of nitrogens with zero attached hydrogens (tertiary/aromatic N) is 1. The molecule has 0 aromatic heterocycles. The lowest BCUT2D eigenvalue weighted by molar-refractivity contribution is 0.0571. The van der Waals surface area contributed by atoms with E-state index in [4.69, 9.17) is 17.4 Å². The van der Waals surface area contributed by atoms with Gasteiger partial charge in [-0.2, -0.15) is 0 Å². The Balaban J connectivity index is 0. The molecule has 0 bridgehead atoms. The van der Waals surface area contributed by atoms with Gasteiger partial charge in [-0.1, -0.05) is 36.4 Å². The molecular weight excluding hydrogens is 445 g/mol.